The summed E-state index contributed by atoms with van der Waals surface area (Å²) in [5, 5.41) is 10.8. The fourth-order valence-corrected chi connectivity index (χ4v) is 2.33. The molecule has 0 fully saturated rings. The molecule has 6 nitrogen and oxygen atoms in total. The summed E-state index contributed by atoms with van der Waals surface area (Å²) in [6.07, 6.45) is 2.63. The summed E-state index contributed by atoms with van der Waals surface area (Å²) in [7, 11) is 0. The van der Waals surface area contributed by atoms with E-state index in [1.807, 2.05) is 0 Å². The van der Waals surface area contributed by atoms with Crippen LogP contribution in [0.2, 0.25) is 0 Å². The molecule has 3 aromatic rings. The molecule has 0 aliphatic heterocycles. The van der Waals surface area contributed by atoms with Crippen LogP contribution >= 0.6 is 0 Å². The SMILES string of the molecule is O=C(C=Cc1ccc(COc2ccc(F)cc2F)o1)c1cccc([N+](=O)[O-])c1. The Labute approximate surface area is 157 Å². The first-order valence-electron chi connectivity index (χ1n) is 8.06. The second kappa shape index (κ2) is 8.26. The number of benzene rings is 2. The number of hydrogen-bond donors (Lipinski definition) is 0. The van der Waals surface area contributed by atoms with Gasteiger partial charge in [0, 0.05) is 23.8 Å². The van der Waals surface area contributed by atoms with Crippen molar-refractivity contribution in [1.82, 2.24) is 0 Å². The van der Waals surface area contributed by atoms with Gasteiger partial charge in [-0.3, -0.25) is 14.9 Å². The molecule has 0 amide bonds. The quantitative estimate of drug-likeness (QED) is 0.249. The Morgan fingerprint density at radius 3 is 2.71 bits per heavy atom. The van der Waals surface area contributed by atoms with Gasteiger partial charge in [0.1, 0.15) is 23.9 Å². The summed E-state index contributed by atoms with van der Waals surface area (Å²) >= 11 is 0. The molecule has 2 aromatic carbocycles. The van der Waals surface area contributed by atoms with Gasteiger partial charge in [-0.2, -0.15) is 0 Å². The number of furan rings is 1. The van der Waals surface area contributed by atoms with Gasteiger partial charge in [0.25, 0.3) is 5.69 Å². The number of rotatable bonds is 7. The molecule has 28 heavy (non-hydrogen) atoms. The number of halogens is 2. The first kappa shape index (κ1) is 19.0. The van der Waals surface area contributed by atoms with Crippen LogP contribution in [-0.4, -0.2) is 10.7 Å². The number of nitrogens with zero attached hydrogens (tertiary/aromatic N) is 1. The van der Waals surface area contributed by atoms with Crippen LogP contribution in [0.4, 0.5) is 14.5 Å². The Morgan fingerprint density at radius 2 is 1.96 bits per heavy atom. The van der Waals surface area contributed by atoms with Crippen LogP contribution in [0.5, 0.6) is 5.75 Å². The predicted octanol–water partition coefficient (Wildman–Crippen LogP) is 4.94. The minimum Gasteiger partial charge on any atom is -0.483 e. The lowest BCUT2D eigenvalue weighted by Gasteiger charge is -2.05. The Morgan fingerprint density at radius 1 is 1.14 bits per heavy atom. The van der Waals surface area contributed by atoms with Crippen molar-refractivity contribution in [2.75, 3.05) is 0 Å². The summed E-state index contributed by atoms with van der Waals surface area (Å²) < 4.78 is 37.1. The molecule has 8 heteroatoms. The average molecular weight is 385 g/mol. The number of hydrogen-bond acceptors (Lipinski definition) is 5. The monoisotopic (exact) mass is 385 g/mol. The van der Waals surface area contributed by atoms with E-state index in [1.165, 1.54) is 42.5 Å². The third-order valence-corrected chi connectivity index (χ3v) is 3.69. The molecule has 0 aliphatic carbocycles. The number of ketones is 1. The maximum Gasteiger partial charge on any atom is 0.270 e. The third kappa shape index (κ3) is 4.67. The lowest BCUT2D eigenvalue weighted by atomic mass is 10.1. The molecule has 1 heterocycles. The van der Waals surface area contributed by atoms with Crippen LogP contribution in [-0.2, 0) is 6.61 Å². The van der Waals surface area contributed by atoms with Gasteiger partial charge < -0.3 is 9.15 Å². The highest BCUT2D eigenvalue weighted by Crippen LogP contribution is 2.20. The van der Waals surface area contributed by atoms with Crippen molar-refractivity contribution in [2.24, 2.45) is 0 Å². The zero-order valence-electron chi connectivity index (χ0n) is 14.3. The molecular formula is C20H13F2NO5. The van der Waals surface area contributed by atoms with Gasteiger partial charge in [0.15, 0.2) is 17.3 Å². The molecule has 0 saturated carbocycles. The van der Waals surface area contributed by atoms with E-state index in [9.17, 15) is 23.7 Å². The van der Waals surface area contributed by atoms with Crippen LogP contribution in [0.15, 0.2) is 65.1 Å². The van der Waals surface area contributed by atoms with Gasteiger partial charge in [-0.15, -0.1) is 0 Å². The molecule has 142 valence electrons. The molecule has 0 aliphatic rings. The third-order valence-electron chi connectivity index (χ3n) is 3.69. The summed E-state index contributed by atoms with van der Waals surface area (Å²) in [6, 6.07) is 11.5. The minimum atomic E-state index is -0.825. The summed E-state index contributed by atoms with van der Waals surface area (Å²) in [5.41, 5.74) is -0.00272. The second-order valence-corrected chi connectivity index (χ2v) is 5.67. The number of non-ortho nitro benzene ring substituents is 1. The average Bonchev–Trinajstić information content (AvgIpc) is 3.13. The topological polar surface area (TPSA) is 82.6 Å². The minimum absolute atomic E-state index is 0.0881. The number of carbonyl (C=O) groups is 1. The molecule has 0 N–H and O–H groups in total. The molecule has 1 aromatic heterocycles. The van der Waals surface area contributed by atoms with Gasteiger partial charge in [-0.05, 0) is 36.4 Å². The van der Waals surface area contributed by atoms with Crippen LogP contribution < -0.4 is 4.74 Å². The lowest BCUT2D eigenvalue weighted by molar-refractivity contribution is -0.384. The Balaban J connectivity index is 1.63. The predicted molar refractivity (Wildman–Crippen MR) is 95.9 cm³/mol. The zero-order valence-corrected chi connectivity index (χ0v) is 14.3. The molecule has 0 spiro atoms. The van der Waals surface area contributed by atoms with Crippen molar-refractivity contribution in [2.45, 2.75) is 6.61 Å². The van der Waals surface area contributed by atoms with Crippen molar-refractivity contribution in [1.29, 1.82) is 0 Å². The van der Waals surface area contributed by atoms with E-state index in [0.717, 1.165) is 6.07 Å². The zero-order chi connectivity index (χ0) is 20.1. The molecule has 0 atom stereocenters. The van der Waals surface area contributed by atoms with Crippen molar-refractivity contribution in [3.8, 4) is 5.75 Å². The van der Waals surface area contributed by atoms with Gasteiger partial charge >= 0.3 is 0 Å². The summed E-state index contributed by atoms with van der Waals surface area (Å²) in [6.45, 7) is -0.0881. The van der Waals surface area contributed by atoms with E-state index in [2.05, 4.69) is 0 Å². The summed E-state index contributed by atoms with van der Waals surface area (Å²) in [5.74, 6) is -1.36. The normalized spacial score (nSPS) is 10.9. The number of carbonyl (C=O) groups excluding carboxylic acids is 1. The highest BCUT2D eigenvalue weighted by molar-refractivity contribution is 6.07. The Bertz CT molecular complexity index is 1060. The Hall–Kier alpha value is -3.81. The van der Waals surface area contributed by atoms with Gasteiger partial charge in [0.05, 0.1) is 4.92 Å². The standard InChI is InChI=1S/C20H13F2NO5/c21-14-4-9-20(18(22)11-14)27-12-17-6-5-16(28-17)7-8-19(24)13-2-1-3-15(10-13)23(25)26/h1-11H,12H2. The summed E-state index contributed by atoms with van der Waals surface area (Å²) in [4.78, 5) is 22.3. The number of nitro groups is 1. The van der Waals surface area contributed by atoms with Gasteiger partial charge in [-0.1, -0.05) is 12.1 Å². The van der Waals surface area contributed by atoms with Crippen molar-refractivity contribution in [3.05, 3.63) is 99.5 Å². The fourth-order valence-electron chi connectivity index (χ4n) is 2.33. The first-order valence-corrected chi connectivity index (χ1v) is 8.06. The molecule has 0 bridgehead atoms. The lowest BCUT2D eigenvalue weighted by Crippen LogP contribution is -1.96. The smallest absolute Gasteiger partial charge is 0.270 e. The van der Waals surface area contributed by atoms with Crippen LogP contribution in [0, 0.1) is 21.7 Å². The first-order chi connectivity index (χ1) is 13.4. The van der Waals surface area contributed by atoms with Crippen LogP contribution in [0.1, 0.15) is 21.9 Å². The van der Waals surface area contributed by atoms with Crippen molar-refractivity contribution in [3.63, 3.8) is 0 Å². The largest absolute Gasteiger partial charge is 0.483 e. The maximum absolute atomic E-state index is 13.5. The van der Waals surface area contributed by atoms with E-state index in [4.69, 9.17) is 9.15 Å². The van der Waals surface area contributed by atoms with Crippen LogP contribution in [0.25, 0.3) is 6.08 Å². The van der Waals surface area contributed by atoms with Gasteiger partial charge in [0.2, 0.25) is 0 Å². The van der Waals surface area contributed by atoms with E-state index >= 15 is 0 Å². The van der Waals surface area contributed by atoms with Crippen LogP contribution in [0.3, 0.4) is 0 Å². The Kier molecular flexibility index (Phi) is 5.59. The highest BCUT2D eigenvalue weighted by atomic mass is 19.1. The number of allylic oxidation sites excluding steroid dienone is 1. The number of ether oxygens (including phenoxy) is 1. The van der Waals surface area contributed by atoms with E-state index in [-0.39, 0.29) is 23.6 Å². The van der Waals surface area contributed by atoms with Gasteiger partial charge in [-0.25, -0.2) is 8.78 Å². The second-order valence-electron chi connectivity index (χ2n) is 5.67. The molecule has 0 radical (unpaired) electrons. The molecule has 0 saturated heterocycles. The molecule has 3 rings (SSSR count). The van der Waals surface area contributed by atoms with E-state index in [0.29, 0.717) is 17.6 Å². The van der Waals surface area contributed by atoms with E-state index in [1.54, 1.807) is 12.1 Å². The highest BCUT2D eigenvalue weighted by Gasteiger charge is 2.10. The molecular weight excluding hydrogens is 372 g/mol. The van der Waals surface area contributed by atoms with Crippen molar-refractivity contribution < 1.29 is 27.7 Å². The number of nitro benzene ring substituents is 1. The maximum atomic E-state index is 13.5. The van der Waals surface area contributed by atoms with E-state index < -0.39 is 22.3 Å². The molecule has 0 unspecified atom stereocenters. The van der Waals surface area contributed by atoms with Crippen molar-refractivity contribution >= 4 is 17.5 Å². The fraction of sp³-hybridized carbons (Fsp3) is 0.0500.